The van der Waals surface area contributed by atoms with E-state index in [1.165, 1.54) is 48.9 Å². The molecular weight excluding hydrogens is 299 g/mol. The van der Waals surface area contributed by atoms with Gasteiger partial charge in [0.25, 0.3) is 0 Å². The highest BCUT2D eigenvalue weighted by atomic mass is 19.1. The van der Waals surface area contributed by atoms with Crippen molar-refractivity contribution in [2.24, 2.45) is 5.92 Å². The van der Waals surface area contributed by atoms with Crippen LogP contribution in [0, 0.1) is 5.92 Å². The molecule has 1 aliphatic heterocycles. The van der Waals surface area contributed by atoms with Crippen LogP contribution < -0.4 is 16.7 Å². The number of nitrogens with two attached hydrogens (primary N) is 1. The summed E-state index contributed by atoms with van der Waals surface area (Å²) in [5.41, 5.74) is 4.88. The predicted molar refractivity (Wildman–Crippen MR) is 85.8 cm³/mol. The van der Waals surface area contributed by atoms with E-state index in [4.69, 9.17) is 10.5 Å². The molecule has 2 fully saturated rings. The molecule has 0 radical (unpaired) electrons. The lowest BCUT2D eigenvalue weighted by molar-refractivity contribution is -0.0208. The second-order valence-corrected chi connectivity index (χ2v) is 6.60. The van der Waals surface area contributed by atoms with Gasteiger partial charge in [0.05, 0.1) is 6.10 Å². The summed E-state index contributed by atoms with van der Waals surface area (Å²) in [6, 6.07) is 1.48. The molecular formula is C16H25FN4O2. The van der Waals surface area contributed by atoms with Crippen LogP contribution in [0.1, 0.15) is 44.8 Å². The van der Waals surface area contributed by atoms with E-state index in [1.54, 1.807) is 0 Å². The van der Waals surface area contributed by atoms with Gasteiger partial charge in [-0.15, -0.1) is 0 Å². The topological polar surface area (TPSA) is 82.2 Å². The van der Waals surface area contributed by atoms with E-state index in [9.17, 15) is 9.18 Å². The SMILES string of the molecule is Nc1ccn(C2OC(CNCC3CCCCC3)CC2F)c(=O)n1. The van der Waals surface area contributed by atoms with E-state index < -0.39 is 18.1 Å². The Labute approximate surface area is 135 Å². The maximum atomic E-state index is 14.2. The Hall–Kier alpha value is -1.47. The molecule has 1 aliphatic carbocycles. The second-order valence-electron chi connectivity index (χ2n) is 6.60. The number of aromatic nitrogens is 2. The van der Waals surface area contributed by atoms with Crippen LogP contribution in [0.15, 0.2) is 17.1 Å². The highest BCUT2D eigenvalue weighted by Gasteiger charge is 2.37. The van der Waals surface area contributed by atoms with Crippen molar-refractivity contribution in [3.8, 4) is 0 Å². The molecule has 7 heteroatoms. The van der Waals surface area contributed by atoms with E-state index in [-0.39, 0.29) is 11.9 Å². The van der Waals surface area contributed by atoms with Crippen molar-refractivity contribution in [1.82, 2.24) is 14.9 Å². The van der Waals surface area contributed by atoms with Crippen LogP contribution in [-0.2, 0) is 4.74 Å². The van der Waals surface area contributed by atoms with Crippen LogP contribution in [0.4, 0.5) is 10.2 Å². The van der Waals surface area contributed by atoms with Gasteiger partial charge in [0.15, 0.2) is 6.23 Å². The largest absolute Gasteiger partial charge is 0.383 e. The van der Waals surface area contributed by atoms with Crippen molar-refractivity contribution in [3.05, 3.63) is 22.7 Å². The highest BCUT2D eigenvalue weighted by molar-refractivity contribution is 5.23. The standard InChI is InChI=1S/C16H25FN4O2/c17-13-8-12(10-19-9-11-4-2-1-3-5-11)23-15(13)21-7-6-14(18)20-16(21)22/h6-7,11-13,15,19H,1-5,8-10H2,(H2,18,20,22). The number of alkyl halides is 1. The quantitative estimate of drug-likeness (QED) is 0.860. The first-order chi connectivity index (χ1) is 11.1. The van der Waals surface area contributed by atoms with E-state index in [0.29, 0.717) is 13.0 Å². The zero-order valence-electron chi connectivity index (χ0n) is 13.3. The number of hydrogen-bond donors (Lipinski definition) is 2. The average Bonchev–Trinajstić information content (AvgIpc) is 2.89. The lowest BCUT2D eigenvalue weighted by Crippen LogP contribution is -2.33. The third-order valence-electron chi connectivity index (χ3n) is 4.78. The van der Waals surface area contributed by atoms with Gasteiger partial charge in [0.1, 0.15) is 12.0 Å². The number of ether oxygens (including phenoxy) is 1. The summed E-state index contributed by atoms with van der Waals surface area (Å²) in [6.45, 7) is 1.58. The molecule has 0 spiro atoms. The highest BCUT2D eigenvalue weighted by Crippen LogP contribution is 2.30. The van der Waals surface area contributed by atoms with Crippen molar-refractivity contribution in [2.75, 3.05) is 18.8 Å². The lowest BCUT2D eigenvalue weighted by Gasteiger charge is -2.22. The first-order valence-corrected chi connectivity index (χ1v) is 8.48. The third kappa shape index (κ3) is 4.09. The smallest absolute Gasteiger partial charge is 0.351 e. The van der Waals surface area contributed by atoms with E-state index >= 15 is 0 Å². The van der Waals surface area contributed by atoms with Crippen LogP contribution in [0.5, 0.6) is 0 Å². The van der Waals surface area contributed by atoms with Gasteiger partial charge in [0.2, 0.25) is 0 Å². The Morgan fingerprint density at radius 1 is 1.35 bits per heavy atom. The van der Waals surface area contributed by atoms with Crippen molar-refractivity contribution in [1.29, 1.82) is 0 Å². The number of anilines is 1. The molecule has 3 N–H and O–H groups in total. The Morgan fingerprint density at radius 3 is 2.87 bits per heavy atom. The summed E-state index contributed by atoms with van der Waals surface area (Å²) in [5.74, 6) is 0.858. The maximum Gasteiger partial charge on any atom is 0.351 e. The zero-order valence-corrected chi connectivity index (χ0v) is 13.3. The minimum Gasteiger partial charge on any atom is -0.383 e. The van der Waals surface area contributed by atoms with Gasteiger partial charge in [0, 0.05) is 19.2 Å². The Kier molecular flexibility index (Phi) is 5.27. The monoisotopic (exact) mass is 324 g/mol. The van der Waals surface area contributed by atoms with Crippen molar-refractivity contribution < 1.29 is 9.13 Å². The van der Waals surface area contributed by atoms with Crippen molar-refractivity contribution >= 4 is 5.82 Å². The van der Waals surface area contributed by atoms with Gasteiger partial charge in [-0.1, -0.05) is 19.3 Å². The molecule has 1 aromatic heterocycles. The van der Waals surface area contributed by atoms with Crippen molar-refractivity contribution in [2.45, 2.75) is 57.0 Å². The Bertz CT molecular complexity index is 573. The van der Waals surface area contributed by atoms with Gasteiger partial charge >= 0.3 is 5.69 Å². The molecule has 6 nitrogen and oxygen atoms in total. The number of hydrogen-bond acceptors (Lipinski definition) is 5. The maximum absolute atomic E-state index is 14.2. The molecule has 3 rings (SSSR count). The number of nitrogens with zero attached hydrogens (tertiary/aromatic N) is 2. The summed E-state index contributed by atoms with van der Waals surface area (Å²) >= 11 is 0. The number of nitrogens with one attached hydrogen (secondary N) is 1. The van der Waals surface area contributed by atoms with E-state index in [2.05, 4.69) is 10.3 Å². The summed E-state index contributed by atoms with van der Waals surface area (Å²) < 4.78 is 21.1. The molecule has 2 aliphatic rings. The molecule has 3 unspecified atom stereocenters. The zero-order chi connectivity index (χ0) is 16.2. The minimum atomic E-state index is -1.21. The minimum absolute atomic E-state index is 0.130. The fraction of sp³-hybridized carbons (Fsp3) is 0.750. The summed E-state index contributed by atoms with van der Waals surface area (Å²) in [5, 5.41) is 3.40. The van der Waals surface area contributed by atoms with Gasteiger partial charge in [-0.05, 0) is 31.4 Å². The molecule has 0 amide bonds. The Morgan fingerprint density at radius 2 is 2.13 bits per heavy atom. The van der Waals surface area contributed by atoms with Crippen LogP contribution in [0.3, 0.4) is 0 Å². The predicted octanol–water partition coefficient (Wildman–Crippen LogP) is 1.62. The molecule has 128 valence electrons. The summed E-state index contributed by atoms with van der Waals surface area (Å²) in [6.07, 6.45) is 5.93. The molecule has 2 heterocycles. The fourth-order valence-corrected chi connectivity index (χ4v) is 3.54. The molecule has 3 atom stereocenters. The first kappa shape index (κ1) is 16.4. The number of nitrogen functional groups attached to an aromatic ring is 1. The second kappa shape index (κ2) is 7.40. The third-order valence-corrected chi connectivity index (χ3v) is 4.78. The van der Waals surface area contributed by atoms with Gasteiger partial charge in [-0.3, -0.25) is 4.57 Å². The van der Waals surface area contributed by atoms with Gasteiger partial charge < -0.3 is 15.8 Å². The van der Waals surface area contributed by atoms with E-state index in [0.717, 1.165) is 12.5 Å². The molecule has 1 aromatic rings. The summed E-state index contributed by atoms with van der Waals surface area (Å²) in [7, 11) is 0. The van der Waals surface area contributed by atoms with E-state index in [1.807, 2.05) is 0 Å². The van der Waals surface area contributed by atoms with Crippen molar-refractivity contribution in [3.63, 3.8) is 0 Å². The first-order valence-electron chi connectivity index (χ1n) is 8.48. The normalized spacial score (nSPS) is 29.0. The van der Waals surface area contributed by atoms with Crippen LogP contribution in [-0.4, -0.2) is 34.9 Å². The van der Waals surface area contributed by atoms with Crippen LogP contribution >= 0.6 is 0 Å². The van der Waals surface area contributed by atoms with Crippen LogP contribution in [0.25, 0.3) is 0 Å². The fourth-order valence-electron chi connectivity index (χ4n) is 3.54. The molecule has 1 saturated carbocycles. The average molecular weight is 324 g/mol. The molecule has 1 saturated heterocycles. The van der Waals surface area contributed by atoms with Crippen LogP contribution in [0.2, 0.25) is 0 Å². The number of rotatable bonds is 5. The van der Waals surface area contributed by atoms with Gasteiger partial charge in [-0.25, -0.2) is 9.18 Å². The number of halogens is 1. The van der Waals surface area contributed by atoms with Gasteiger partial charge in [-0.2, -0.15) is 4.98 Å². The Balaban J connectivity index is 1.50. The lowest BCUT2D eigenvalue weighted by atomic mass is 9.89. The molecule has 0 bridgehead atoms. The molecule has 0 aromatic carbocycles. The molecule has 23 heavy (non-hydrogen) atoms. The summed E-state index contributed by atoms with van der Waals surface area (Å²) in [4.78, 5) is 15.4.